The molecule has 3 heterocycles. The molecule has 4 rings (SSSR count). The van der Waals surface area contributed by atoms with Gasteiger partial charge >= 0.3 is 5.69 Å². The van der Waals surface area contributed by atoms with Crippen LogP contribution in [0.3, 0.4) is 0 Å². The number of aromatic nitrogens is 3. The number of hydrogen-bond acceptors (Lipinski definition) is 5. The van der Waals surface area contributed by atoms with Crippen LogP contribution in [0.4, 0.5) is 5.82 Å². The van der Waals surface area contributed by atoms with E-state index in [-0.39, 0.29) is 5.78 Å². The standard InChI is InChI=1S/C16H14N4O3/c21-10-6-3-5-9-11(10)12(8-4-1-2-7-17-8)13-14(18-9)19-16(23)20-15(13)22/h1-2,4,7,12H,3,5-6H2,(H3,18,19,20,22,23)/t12-/m1/s1. The summed E-state index contributed by atoms with van der Waals surface area (Å²) in [4.78, 5) is 45.6. The number of H-pyrrole nitrogens is 2. The van der Waals surface area contributed by atoms with E-state index in [0.717, 1.165) is 12.1 Å². The Balaban J connectivity index is 2.03. The average molecular weight is 310 g/mol. The molecule has 0 saturated heterocycles. The van der Waals surface area contributed by atoms with Crippen molar-refractivity contribution in [2.75, 3.05) is 5.32 Å². The molecule has 3 N–H and O–H groups in total. The van der Waals surface area contributed by atoms with Gasteiger partial charge in [-0.3, -0.25) is 24.5 Å². The van der Waals surface area contributed by atoms with Crippen LogP contribution in [-0.2, 0) is 4.79 Å². The van der Waals surface area contributed by atoms with Crippen LogP contribution >= 0.6 is 0 Å². The fraction of sp³-hybridized carbons (Fsp3) is 0.250. The Morgan fingerprint density at radius 2 is 1.96 bits per heavy atom. The number of fused-ring (bicyclic) bond motifs is 1. The number of carbonyl (C=O) groups excluding carboxylic acids is 1. The number of allylic oxidation sites excluding steroid dienone is 2. The Labute approximate surface area is 130 Å². The Morgan fingerprint density at radius 1 is 1.09 bits per heavy atom. The number of carbonyl (C=O) groups is 1. The summed E-state index contributed by atoms with van der Waals surface area (Å²) in [7, 11) is 0. The highest BCUT2D eigenvalue weighted by Gasteiger charge is 2.37. The first-order valence-corrected chi connectivity index (χ1v) is 7.46. The van der Waals surface area contributed by atoms with Gasteiger partial charge in [0.05, 0.1) is 17.2 Å². The SMILES string of the molecule is O=C1CCCC2=C1[C@@H](c1ccccn1)c1c([nH]c(=O)[nH]c1=O)N2. The minimum atomic E-state index is -0.577. The lowest BCUT2D eigenvalue weighted by Crippen LogP contribution is -2.36. The van der Waals surface area contributed by atoms with Crippen LogP contribution in [0.25, 0.3) is 0 Å². The van der Waals surface area contributed by atoms with Crippen molar-refractivity contribution >= 4 is 11.6 Å². The number of Topliss-reactive ketones (excluding diaryl/α,β-unsaturated/α-hetero) is 1. The molecule has 1 atom stereocenters. The van der Waals surface area contributed by atoms with E-state index in [1.807, 2.05) is 6.07 Å². The summed E-state index contributed by atoms with van der Waals surface area (Å²) >= 11 is 0. The molecule has 116 valence electrons. The quantitative estimate of drug-likeness (QED) is 0.729. The number of pyridine rings is 1. The first-order chi connectivity index (χ1) is 11.1. The maximum Gasteiger partial charge on any atom is 0.327 e. The Hall–Kier alpha value is -2.96. The molecule has 2 aromatic heterocycles. The zero-order chi connectivity index (χ0) is 16.0. The molecule has 0 aromatic carbocycles. The lowest BCUT2D eigenvalue weighted by atomic mass is 9.78. The largest absolute Gasteiger partial charge is 0.344 e. The van der Waals surface area contributed by atoms with Crippen LogP contribution < -0.4 is 16.6 Å². The first-order valence-electron chi connectivity index (χ1n) is 7.46. The number of nitrogens with one attached hydrogen (secondary N) is 3. The molecule has 0 amide bonds. The summed E-state index contributed by atoms with van der Waals surface area (Å²) in [6.45, 7) is 0. The summed E-state index contributed by atoms with van der Waals surface area (Å²) < 4.78 is 0. The van der Waals surface area contributed by atoms with Gasteiger partial charge in [-0.05, 0) is 25.0 Å². The van der Waals surface area contributed by atoms with Gasteiger partial charge < -0.3 is 5.32 Å². The van der Waals surface area contributed by atoms with Crippen molar-refractivity contribution in [2.24, 2.45) is 0 Å². The van der Waals surface area contributed by atoms with Gasteiger partial charge in [-0.1, -0.05) is 6.07 Å². The summed E-state index contributed by atoms with van der Waals surface area (Å²) in [5.74, 6) is -0.190. The lowest BCUT2D eigenvalue weighted by Gasteiger charge is -2.32. The van der Waals surface area contributed by atoms with Crippen molar-refractivity contribution in [3.8, 4) is 0 Å². The first kappa shape index (κ1) is 13.7. The number of aromatic amines is 2. The molecule has 7 heteroatoms. The number of anilines is 1. The predicted molar refractivity (Wildman–Crippen MR) is 83.3 cm³/mol. The van der Waals surface area contributed by atoms with Gasteiger partial charge in [0.25, 0.3) is 5.56 Å². The highest BCUT2D eigenvalue weighted by molar-refractivity contribution is 6.00. The number of ketones is 1. The van der Waals surface area contributed by atoms with Gasteiger partial charge in [-0.15, -0.1) is 0 Å². The molecule has 0 radical (unpaired) electrons. The van der Waals surface area contributed by atoms with Crippen molar-refractivity contribution in [1.29, 1.82) is 0 Å². The van der Waals surface area contributed by atoms with Crippen LogP contribution in [0, 0.1) is 0 Å². The van der Waals surface area contributed by atoms with Crippen molar-refractivity contribution in [3.05, 3.63) is 67.8 Å². The van der Waals surface area contributed by atoms with Gasteiger partial charge in [-0.25, -0.2) is 4.79 Å². The van der Waals surface area contributed by atoms with Crippen molar-refractivity contribution in [1.82, 2.24) is 15.0 Å². The predicted octanol–water partition coefficient (Wildman–Crippen LogP) is 1.02. The number of rotatable bonds is 1. The van der Waals surface area contributed by atoms with Crippen LogP contribution in [-0.4, -0.2) is 20.7 Å². The Kier molecular flexibility index (Phi) is 3.00. The monoisotopic (exact) mass is 310 g/mol. The van der Waals surface area contributed by atoms with E-state index in [1.165, 1.54) is 0 Å². The topological polar surface area (TPSA) is 108 Å². The normalized spacial score (nSPS) is 19.8. The maximum absolute atomic E-state index is 12.5. The molecule has 0 bridgehead atoms. The molecular weight excluding hydrogens is 296 g/mol. The van der Waals surface area contributed by atoms with Crippen molar-refractivity contribution < 1.29 is 4.79 Å². The molecule has 2 aromatic rings. The average Bonchev–Trinajstić information content (AvgIpc) is 2.54. The van der Waals surface area contributed by atoms with E-state index in [0.29, 0.717) is 35.5 Å². The Bertz CT molecular complexity index is 940. The zero-order valence-electron chi connectivity index (χ0n) is 12.2. The molecule has 0 saturated carbocycles. The number of nitrogens with zero attached hydrogens (tertiary/aromatic N) is 1. The van der Waals surface area contributed by atoms with Gasteiger partial charge in [0.2, 0.25) is 0 Å². The molecule has 0 unspecified atom stereocenters. The van der Waals surface area contributed by atoms with Crippen molar-refractivity contribution in [2.45, 2.75) is 25.2 Å². The van der Waals surface area contributed by atoms with Gasteiger partial charge in [-0.2, -0.15) is 0 Å². The summed E-state index contributed by atoms with van der Waals surface area (Å²) in [6.07, 6.45) is 3.55. The fourth-order valence-electron chi connectivity index (χ4n) is 3.34. The molecule has 2 aliphatic rings. The third kappa shape index (κ3) is 2.12. The molecule has 7 nitrogen and oxygen atoms in total. The molecule has 0 fully saturated rings. The van der Waals surface area contributed by atoms with E-state index in [9.17, 15) is 14.4 Å². The van der Waals surface area contributed by atoms with E-state index in [2.05, 4.69) is 20.3 Å². The fourth-order valence-corrected chi connectivity index (χ4v) is 3.34. The van der Waals surface area contributed by atoms with Crippen LogP contribution in [0.15, 0.2) is 45.3 Å². The van der Waals surface area contributed by atoms with E-state index < -0.39 is 17.2 Å². The smallest absolute Gasteiger partial charge is 0.327 e. The number of hydrogen-bond donors (Lipinski definition) is 3. The van der Waals surface area contributed by atoms with Crippen LogP contribution in [0.5, 0.6) is 0 Å². The zero-order valence-corrected chi connectivity index (χ0v) is 12.2. The summed E-state index contributed by atoms with van der Waals surface area (Å²) in [6, 6.07) is 5.38. The van der Waals surface area contributed by atoms with E-state index in [1.54, 1.807) is 18.3 Å². The molecular formula is C16H14N4O3. The minimum absolute atomic E-state index is 0.0191. The molecule has 1 aliphatic heterocycles. The summed E-state index contributed by atoms with van der Waals surface area (Å²) in [5.41, 5.74) is 1.22. The second-order valence-corrected chi connectivity index (χ2v) is 5.68. The molecule has 0 spiro atoms. The van der Waals surface area contributed by atoms with E-state index >= 15 is 0 Å². The highest BCUT2D eigenvalue weighted by Crippen LogP contribution is 2.41. The Morgan fingerprint density at radius 3 is 2.74 bits per heavy atom. The van der Waals surface area contributed by atoms with Crippen LogP contribution in [0.1, 0.15) is 36.4 Å². The highest BCUT2D eigenvalue weighted by atomic mass is 16.2. The third-order valence-corrected chi connectivity index (χ3v) is 4.27. The van der Waals surface area contributed by atoms with Gasteiger partial charge in [0.1, 0.15) is 5.82 Å². The second-order valence-electron chi connectivity index (χ2n) is 5.68. The lowest BCUT2D eigenvalue weighted by molar-refractivity contribution is -0.116. The van der Waals surface area contributed by atoms with E-state index in [4.69, 9.17) is 0 Å². The van der Waals surface area contributed by atoms with Crippen LogP contribution in [0.2, 0.25) is 0 Å². The third-order valence-electron chi connectivity index (χ3n) is 4.27. The second kappa shape index (κ2) is 5.05. The maximum atomic E-state index is 12.5. The molecule has 1 aliphatic carbocycles. The van der Waals surface area contributed by atoms with Gasteiger partial charge in [0, 0.05) is 23.9 Å². The summed E-state index contributed by atoms with van der Waals surface area (Å²) in [5, 5.41) is 3.07. The minimum Gasteiger partial charge on any atom is -0.344 e. The van der Waals surface area contributed by atoms with Crippen molar-refractivity contribution in [3.63, 3.8) is 0 Å². The molecule has 23 heavy (non-hydrogen) atoms. The van der Waals surface area contributed by atoms with Gasteiger partial charge in [0.15, 0.2) is 5.78 Å².